The number of imidazole rings is 1. The first-order chi connectivity index (χ1) is 4.25. The molecule has 0 aliphatic heterocycles. The van der Waals surface area contributed by atoms with Gasteiger partial charge in [0.05, 0.1) is 6.33 Å². The Hall–Kier alpha value is -0.700. The van der Waals surface area contributed by atoms with Gasteiger partial charge in [-0.2, -0.15) is 0 Å². The fraction of sp³-hybridized carbons (Fsp3) is 0.400. The fourth-order valence-electron chi connectivity index (χ4n) is 0.583. The van der Waals surface area contributed by atoms with E-state index >= 15 is 0 Å². The van der Waals surface area contributed by atoms with Crippen LogP contribution < -0.4 is 0 Å². The smallest absolute Gasteiger partial charge is 0.230 e. The van der Waals surface area contributed by atoms with Crippen molar-refractivity contribution in [2.24, 2.45) is 0 Å². The molecule has 1 heterocycles. The van der Waals surface area contributed by atoms with Gasteiger partial charge in [-0.3, -0.25) is 0 Å². The molecule has 0 atom stereocenters. The Labute approximate surface area is 57.9 Å². The zero-order chi connectivity index (χ0) is 6.85. The SMILES string of the molecule is CCn1cnc(Cl)c1O. The first-order valence-corrected chi connectivity index (χ1v) is 3.03. The average Bonchev–Trinajstić information content (AvgIpc) is 2.15. The quantitative estimate of drug-likeness (QED) is 0.648. The predicted octanol–water partition coefficient (Wildman–Crippen LogP) is 1.26. The van der Waals surface area contributed by atoms with Crippen LogP contribution in [0, 0.1) is 0 Å². The lowest BCUT2D eigenvalue weighted by atomic mass is 10.7. The van der Waals surface area contributed by atoms with Crippen molar-refractivity contribution in [3.8, 4) is 5.88 Å². The molecule has 0 saturated carbocycles. The van der Waals surface area contributed by atoms with Crippen LogP contribution in [0.5, 0.6) is 5.88 Å². The molecule has 9 heavy (non-hydrogen) atoms. The third-order valence-electron chi connectivity index (χ3n) is 1.11. The van der Waals surface area contributed by atoms with E-state index in [1.54, 1.807) is 4.57 Å². The number of aromatic hydroxyl groups is 1. The number of hydrogen-bond acceptors (Lipinski definition) is 2. The Kier molecular flexibility index (Phi) is 1.62. The monoisotopic (exact) mass is 146 g/mol. The highest BCUT2D eigenvalue weighted by molar-refractivity contribution is 6.30. The van der Waals surface area contributed by atoms with Gasteiger partial charge in [0.15, 0.2) is 5.15 Å². The van der Waals surface area contributed by atoms with Crippen molar-refractivity contribution in [1.29, 1.82) is 0 Å². The Balaban J connectivity index is 3.04. The molecule has 0 aliphatic carbocycles. The molecule has 0 spiro atoms. The van der Waals surface area contributed by atoms with Crippen LogP contribution in [0.3, 0.4) is 0 Å². The van der Waals surface area contributed by atoms with Gasteiger partial charge in [0.25, 0.3) is 0 Å². The Bertz CT molecular complexity index is 209. The van der Waals surface area contributed by atoms with Crippen LogP contribution in [0.2, 0.25) is 5.15 Å². The van der Waals surface area contributed by atoms with Crippen molar-refractivity contribution in [1.82, 2.24) is 9.55 Å². The molecule has 0 unspecified atom stereocenters. The predicted molar refractivity (Wildman–Crippen MR) is 34.6 cm³/mol. The average molecular weight is 147 g/mol. The summed E-state index contributed by atoms with van der Waals surface area (Å²) in [6.45, 7) is 2.59. The zero-order valence-corrected chi connectivity index (χ0v) is 5.76. The van der Waals surface area contributed by atoms with Crippen LogP contribution in [-0.2, 0) is 6.54 Å². The standard InChI is InChI=1S/C5H7ClN2O/c1-2-8-3-7-4(6)5(8)9/h3,9H,2H2,1H3. The number of aromatic nitrogens is 2. The molecule has 1 rings (SSSR count). The molecular weight excluding hydrogens is 140 g/mol. The van der Waals surface area contributed by atoms with Crippen LogP contribution in [0.4, 0.5) is 0 Å². The summed E-state index contributed by atoms with van der Waals surface area (Å²) in [5, 5.41) is 9.17. The molecule has 0 radical (unpaired) electrons. The summed E-state index contributed by atoms with van der Waals surface area (Å²) in [4.78, 5) is 3.67. The largest absolute Gasteiger partial charge is 0.492 e. The fourth-order valence-corrected chi connectivity index (χ4v) is 0.735. The van der Waals surface area contributed by atoms with E-state index in [0.717, 1.165) is 0 Å². The first-order valence-electron chi connectivity index (χ1n) is 2.65. The van der Waals surface area contributed by atoms with Gasteiger partial charge >= 0.3 is 0 Å². The Morgan fingerprint density at radius 3 is 2.78 bits per heavy atom. The van der Waals surface area contributed by atoms with Gasteiger partial charge in [-0.1, -0.05) is 11.6 Å². The van der Waals surface area contributed by atoms with E-state index in [0.29, 0.717) is 6.54 Å². The maximum atomic E-state index is 9.01. The molecule has 3 nitrogen and oxygen atoms in total. The van der Waals surface area contributed by atoms with Crippen molar-refractivity contribution in [3.05, 3.63) is 11.5 Å². The topological polar surface area (TPSA) is 38.0 Å². The minimum absolute atomic E-state index is 0.0409. The second kappa shape index (κ2) is 2.27. The van der Waals surface area contributed by atoms with Crippen LogP contribution in [0.1, 0.15) is 6.92 Å². The summed E-state index contributed by atoms with van der Waals surface area (Å²) < 4.78 is 1.56. The number of hydrogen-bond donors (Lipinski definition) is 1. The third-order valence-corrected chi connectivity index (χ3v) is 1.37. The van der Waals surface area contributed by atoms with Gasteiger partial charge in [-0.25, -0.2) is 4.98 Å². The van der Waals surface area contributed by atoms with E-state index in [4.69, 9.17) is 16.7 Å². The van der Waals surface area contributed by atoms with Gasteiger partial charge in [-0.05, 0) is 6.92 Å². The van der Waals surface area contributed by atoms with Crippen LogP contribution in [-0.4, -0.2) is 14.7 Å². The van der Waals surface area contributed by atoms with Crippen LogP contribution in [0.15, 0.2) is 6.33 Å². The van der Waals surface area contributed by atoms with E-state index in [9.17, 15) is 0 Å². The Morgan fingerprint density at radius 1 is 1.89 bits per heavy atom. The number of halogens is 1. The molecule has 1 N–H and O–H groups in total. The summed E-state index contributed by atoms with van der Waals surface area (Å²) in [5.41, 5.74) is 0. The molecule has 1 aromatic heterocycles. The molecule has 0 aromatic carbocycles. The third kappa shape index (κ3) is 1.00. The van der Waals surface area contributed by atoms with Gasteiger partial charge in [0, 0.05) is 6.54 Å². The molecule has 1 aromatic rings. The first kappa shape index (κ1) is 6.42. The minimum Gasteiger partial charge on any atom is -0.492 e. The number of aryl methyl sites for hydroxylation is 1. The molecule has 0 fully saturated rings. The molecule has 50 valence electrons. The summed E-state index contributed by atoms with van der Waals surface area (Å²) in [7, 11) is 0. The second-order valence-electron chi connectivity index (χ2n) is 1.65. The van der Waals surface area contributed by atoms with Crippen molar-refractivity contribution >= 4 is 11.6 Å². The van der Waals surface area contributed by atoms with Gasteiger partial charge < -0.3 is 9.67 Å². The van der Waals surface area contributed by atoms with Crippen molar-refractivity contribution in [3.63, 3.8) is 0 Å². The lowest BCUT2D eigenvalue weighted by molar-refractivity contribution is 0.422. The molecule has 4 heteroatoms. The minimum atomic E-state index is 0.0409. The summed E-state index contributed by atoms with van der Waals surface area (Å²) in [6.07, 6.45) is 1.50. The summed E-state index contributed by atoms with van der Waals surface area (Å²) in [6, 6.07) is 0. The highest BCUT2D eigenvalue weighted by Gasteiger charge is 2.02. The molecule has 0 aliphatic rings. The van der Waals surface area contributed by atoms with Crippen LogP contribution >= 0.6 is 11.6 Å². The van der Waals surface area contributed by atoms with Gasteiger partial charge in [0.2, 0.25) is 5.88 Å². The highest BCUT2D eigenvalue weighted by Crippen LogP contribution is 2.19. The maximum absolute atomic E-state index is 9.01. The molecule has 0 bridgehead atoms. The lowest BCUT2D eigenvalue weighted by Gasteiger charge is -1.94. The van der Waals surface area contributed by atoms with E-state index in [1.807, 2.05) is 6.92 Å². The summed E-state index contributed by atoms with van der Waals surface area (Å²) in [5.74, 6) is 0.0409. The normalized spacial score (nSPS) is 10.0. The van der Waals surface area contributed by atoms with Gasteiger partial charge in [-0.15, -0.1) is 0 Å². The van der Waals surface area contributed by atoms with E-state index in [2.05, 4.69) is 4.98 Å². The van der Waals surface area contributed by atoms with Crippen molar-refractivity contribution < 1.29 is 5.11 Å². The zero-order valence-electron chi connectivity index (χ0n) is 5.00. The van der Waals surface area contributed by atoms with E-state index in [-0.39, 0.29) is 11.0 Å². The maximum Gasteiger partial charge on any atom is 0.230 e. The van der Waals surface area contributed by atoms with Gasteiger partial charge in [0.1, 0.15) is 0 Å². The second-order valence-corrected chi connectivity index (χ2v) is 2.00. The number of nitrogens with zero attached hydrogens (tertiary/aromatic N) is 2. The molecule has 0 amide bonds. The van der Waals surface area contributed by atoms with Crippen molar-refractivity contribution in [2.75, 3.05) is 0 Å². The van der Waals surface area contributed by atoms with E-state index < -0.39 is 0 Å². The number of rotatable bonds is 1. The van der Waals surface area contributed by atoms with E-state index in [1.165, 1.54) is 6.33 Å². The molecule has 0 saturated heterocycles. The Morgan fingerprint density at radius 2 is 2.56 bits per heavy atom. The lowest BCUT2D eigenvalue weighted by Crippen LogP contribution is -1.88. The van der Waals surface area contributed by atoms with Crippen LogP contribution in [0.25, 0.3) is 0 Å². The van der Waals surface area contributed by atoms with Crippen molar-refractivity contribution in [2.45, 2.75) is 13.5 Å². The molecular formula is C5H7ClN2O. The highest BCUT2D eigenvalue weighted by atomic mass is 35.5. The summed E-state index contributed by atoms with van der Waals surface area (Å²) >= 11 is 5.43.